The van der Waals surface area contributed by atoms with Gasteiger partial charge in [-0.15, -0.1) is 0 Å². The van der Waals surface area contributed by atoms with E-state index in [0.29, 0.717) is 6.61 Å². The molecule has 0 aromatic carbocycles. The summed E-state index contributed by atoms with van der Waals surface area (Å²) in [6.45, 7) is 5.83. The van der Waals surface area contributed by atoms with Gasteiger partial charge in [0.1, 0.15) is 5.54 Å². The number of anilines is 1. The van der Waals surface area contributed by atoms with E-state index in [2.05, 4.69) is 15.3 Å². The third kappa shape index (κ3) is 2.29. The first-order valence-corrected chi connectivity index (χ1v) is 7.00. The van der Waals surface area contributed by atoms with Crippen LogP contribution in [0.1, 0.15) is 37.7 Å². The number of carbonyl (C=O) groups is 2. The third-order valence-electron chi connectivity index (χ3n) is 4.40. The third-order valence-corrected chi connectivity index (χ3v) is 4.40. The molecule has 1 aliphatic rings. The van der Waals surface area contributed by atoms with Gasteiger partial charge in [0.2, 0.25) is 0 Å². The predicted molar refractivity (Wildman–Crippen MR) is 78.1 cm³/mol. The standard InChI is InChI=1S/C14H20N4O4/c1-4-22-8-7-14(12(20)21,13(8,2)3)18-11(19)9-10(15)17-6-5-16-9/h5-6,8H,4,7H2,1-3H3,(H2,15,17)(H,18,19)(H,20,21)/t8-,14+/m0/s1. The van der Waals surface area contributed by atoms with E-state index in [1.807, 2.05) is 6.92 Å². The van der Waals surface area contributed by atoms with Gasteiger partial charge in [-0.2, -0.15) is 0 Å². The fourth-order valence-electron chi connectivity index (χ4n) is 2.81. The number of carboxylic acids is 1. The Labute approximate surface area is 128 Å². The van der Waals surface area contributed by atoms with Crippen molar-refractivity contribution in [3.63, 3.8) is 0 Å². The molecular formula is C14H20N4O4. The molecule has 0 radical (unpaired) electrons. The van der Waals surface area contributed by atoms with E-state index in [1.54, 1.807) is 13.8 Å². The van der Waals surface area contributed by atoms with Crippen molar-refractivity contribution in [3.05, 3.63) is 18.1 Å². The number of amides is 1. The Morgan fingerprint density at radius 3 is 2.59 bits per heavy atom. The first kappa shape index (κ1) is 16.2. The number of nitrogens with two attached hydrogens (primary N) is 1. The zero-order valence-electron chi connectivity index (χ0n) is 12.8. The van der Waals surface area contributed by atoms with Gasteiger partial charge < -0.3 is 20.9 Å². The Balaban J connectivity index is 2.27. The molecule has 22 heavy (non-hydrogen) atoms. The maximum Gasteiger partial charge on any atom is 0.330 e. The highest BCUT2D eigenvalue weighted by Gasteiger charge is 2.66. The van der Waals surface area contributed by atoms with Crippen molar-refractivity contribution < 1.29 is 19.4 Å². The van der Waals surface area contributed by atoms with E-state index < -0.39 is 22.8 Å². The minimum atomic E-state index is -1.42. The molecule has 1 aliphatic carbocycles. The van der Waals surface area contributed by atoms with Crippen LogP contribution >= 0.6 is 0 Å². The van der Waals surface area contributed by atoms with Crippen molar-refractivity contribution in [3.8, 4) is 0 Å². The summed E-state index contributed by atoms with van der Waals surface area (Å²) in [7, 11) is 0. The van der Waals surface area contributed by atoms with Gasteiger partial charge in [-0.1, -0.05) is 13.8 Å². The number of aromatic nitrogens is 2. The molecule has 4 N–H and O–H groups in total. The smallest absolute Gasteiger partial charge is 0.330 e. The number of ether oxygens (including phenoxy) is 1. The Bertz CT molecular complexity index is 604. The molecule has 2 rings (SSSR count). The summed E-state index contributed by atoms with van der Waals surface area (Å²) in [5.41, 5.74) is 3.34. The molecule has 1 heterocycles. The second kappa shape index (κ2) is 5.53. The monoisotopic (exact) mass is 308 g/mol. The first-order valence-electron chi connectivity index (χ1n) is 7.00. The summed E-state index contributed by atoms with van der Waals surface area (Å²) in [6.07, 6.45) is 2.63. The molecule has 1 saturated carbocycles. The fourth-order valence-corrected chi connectivity index (χ4v) is 2.81. The molecule has 1 aromatic heterocycles. The normalized spacial score (nSPS) is 26.0. The molecule has 0 aliphatic heterocycles. The minimum absolute atomic E-state index is 0.0426. The van der Waals surface area contributed by atoms with Crippen LogP contribution in [0.25, 0.3) is 0 Å². The van der Waals surface area contributed by atoms with Crippen molar-refractivity contribution in [1.82, 2.24) is 15.3 Å². The van der Waals surface area contributed by atoms with Gasteiger partial charge in [-0.3, -0.25) is 4.79 Å². The summed E-state index contributed by atoms with van der Waals surface area (Å²) in [6, 6.07) is 0. The Morgan fingerprint density at radius 2 is 2.09 bits per heavy atom. The van der Waals surface area contributed by atoms with E-state index in [-0.39, 0.29) is 24.0 Å². The van der Waals surface area contributed by atoms with Crippen molar-refractivity contribution in [2.45, 2.75) is 38.8 Å². The highest BCUT2D eigenvalue weighted by Crippen LogP contribution is 2.51. The van der Waals surface area contributed by atoms with Gasteiger partial charge in [-0.25, -0.2) is 14.8 Å². The van der Waals surface area contributed by atoms with Crippen LogP contribution in [0.3, 0.4) is 0 Å². The fraction of sp³-hybridized carbons (Fsp3) is 0.571. The predicted octanol–water partition coefficient (Wildman–Crippen LogP) is 0.447. The summed E-state index contributed by atoms with van der Waals surface area (Å²) in [4.78, 5) is 31.8. The van der Waals surface area contributed by atoms with Gasteiger partial charge >= 0.3 is 5.97 Å². The maximum atomic E-state index is 12.3. The number of carboxylic acid groups (broad SMARTS) is 1. The molecule has 0 saturated heterocycles. The summed E-state index contributed by atoms with van der Waals surface area (Å²) in [5, 5.41) is 12.2. The Morgan fingerprint density at radius 1 is 1.45 bits per heavy atom. The number of nitrogen functional groups attached to an aromatic ring is 1. The second-order valence-corrected chi connectivity index (χ2v) is 5.82. The Kier molecular flexibility index (Phi) is 4.06. The van der Waals surface area contributed by atoms with Crippen LogP contribution in [-0.4, -0.2) is 45.2 Å². The average molecular weight is 308 g/mol. The lowest BCUT2D eigenvalue weighted by Gasteiger charge is -2.58. The van der Waals surface area contributed by atoms with Crippen LogP contribution in [0.5, 0.6) is 0 Å². The molecule has 1 aromatic rings. The summed E-state index contributed by atoms with van der Waals surface area (Å²) in [5.74, 6) is -1.81. The van der Waals surface area contributed by atoms with E-state index >= 15 is 0 Å². The minimum Gasteiger partial charge on any atom is -0.479 e. The van der Waals surface area contributed by atoms with Gasteiger partial charge in [-0.05, 0) is 6.92 Å². The topological polar surface area (TPSA) is 127 Å². The zero-order chi connectivity index (χ0) is 16.5. The molecule has 0 unspecified atom stereocenters. The van der Waals surface area contributed by atoms with Crippen molar-refractivity contribution in [2.75, 3.05) is 12.3 Å². The lowest BCUT2D eigenvalue weighted by Crippen LogP contribution is -2.76. The number of carbonyl (C=O) groups excluding carboxylic acids is 1. The molecule has 8 heteroatoms. The van der Waals surface area contributed by atoms with Crippen molar-refractivity contribution in [2.24, 2.45) is 5.41 Å². The summed E-state index contributed by atoms with van der Waals surface area (Å²) >= 11 is 0. The molecule has 0 spiro atoms. The van der Waals surface area contributed by atoms with Crippen molar-refractivity contribution >= 4 is 17.7 Å². The highest BCUT2D eigenvalue weighted by molar-refractivity contribution is 6.00. The van der Waals surface area contributed by atoms with Crippen LogP contribution in [0.15, 0.2) is 12.4 Å². The number of rotatable bonds is 5. The largest absolute Gasteiger partial charge is 0.479 e. The average Bonchev–Trinajstić information content (AvgIpc) is 2.45. The SMILES string of the molecule is CCO[C@H]1C[C@@](NC(=O)c2nccnc2N)(C(=O)O)C1(C)C. The van der Waals surface area contributed by atoms with Gasteiger partial charge in [0.15, 0.2) is 11.5 Å². The van der Waals surface area contributed by atoms with Crippen LogP contribution < -0.4 is 11.1 Å². The lowest BCUT2D eigenvalue weighted by atomic mass is 9.54. The van der Waals surface area contributed by atoms with Gasteiger partial charge in [0, 0.05) is 30.8 Å². The first-order chi connectivity index (χ1) is 10.3. The molecule has 0 bridgehead atoms. The molecule has 120 valence electrons. The second-order valence-electron chi connectivity index (χ2n) is 5.82. The molecular weight excluding hydrogens is 288 g/mol. The number of nitrogens with one attached hydrogen (secondary N) is 1. The van der Waals surface area contributed by atoms with E-state index in [0.717, 1.165) is 0 Å². The zero-order valence-corrected chi connectivity index (χ0v) is 12.8. The quantitative estimate of drug-likeness (QED) is 0.720. The lowest BCUT2D eigenvalue weighted by molar-refractivity contribution is -0.190. The van der Waals surface area contributed by atoms with E-state index in [4.69, 9.17) is 10.5 Å². The Hall–Kier alpha value is -2.22. The molecule has 1 fully saturated rings. The highest BCUT2D eigenvalue weighted by atomic mass is 16.5. The molecule has 8 nitrogen and oxygen atoms in total. The van der Waals surface area contributed by atoms with Crippen molar-refractivity contribution in [1.29, 1.82) is 0 Å². The van der Waals surface area contributed by atoms with E-state index in [9.17, 15) is 14.7 Å². The number of aliphatic carboxylic acids is 1. The van der Waals surface area contributed by atoms with Crippen LogP contribution in [0, 0.1) is 5.41 Å². The van der Waals surface area contributed by atoms with Gasteiger partial charge in [0.25, 0.3) is 5.91 Å². The number of hydrogen-bond donors (Lipinski definition) is 3. The van der Waals surface area contributed by atoms with Crippen LogP contribution in [0.2, 0.25) is 0 Å². The summed E-state index contributed by atoms with van der Waals surface area (Å²) < 4.78 is 5.54. The number of nitrogens with zero attached hydrogens (tertiary/aromatic N) is 2. The maximum absolute atomic E-state index is 12.3. The molecule has 2 atom stereocenters. The molecule has 1 amide bonds. The number of hydrogen-bond acceptors (Lipinski definition) is 6. The van der Waals surface area contributed by atoms with Crippen LogP contribution in [-0.2, 0) is 9.53 Å². The van der Waals surface area contributed by atoms with E-state index in [1.165, 1.54) is 12.4 Å². The van der Waals surface area contributed by atoms with Crippen LogP contribution in [0.4, 0.5) is 5.82 Å². The van der Waals surface area contributed by atoms with Gasteiger partial charge in [0.05, 0.1) is 6.10 Å².